The molecule has 1 amide bonds. The molecule has 0 spiro atoms. The summed E-state index contributed by atoms with van der Waals surface area (Å²) < 4.78 is 34.5. The van der Waals surface area contributed by atoms with Crippen molar-refractivity contribution < 1.29 is 18.3 Å². The van der Waals surface area contributed by atoms with E-state index in [2.05, 4.69) is 32.7 Å². The third kappa shape index (κ3) is 6.66. The molecule has 0 aliphatic carbocycles. The molecule has 2 aliphatic rings. The van der Waals surface area contributed by atoms with Crippen molar-refractivity contribution in [1.82, 2.24) is 24.6 Å². The maximum atomic E-state index is 13.6. The van der Waals surface area contributed by atoms with Crippen molar-refractivity contribution in [2.75, 3.05) is 63.6 Å². The Morgan fingerprint density at radius 3 is 2.77 bits per heavy atom. The molecule has 0 unspecified atom stereocenters. The van der Waals surface area contributed by atoms with Crippen molar-refractivity contribution >= 4 is 23.1 Å². The number of pyridine rings is 1. The van der Waals surface area contributed by atoms with Gasteiger partial charge in [-0.2, -0.15) is 5.10 Å². The highest BCUT2D eigenvalue weighted by Gasteiger charge is 2.21. The number of nitrogens with one attached hydrogen (secondary N) is 2. The number of rotatable bonds is 9. The van der Waals surface area contributed by atoms with Crippen LogP contribution in [0.15, 0.2) is 18.5 Å². The second-order valence-corrected chi connectivity index (χ2v) is 9.25. The fourth-order valence-electron chi connectivity index (χ4n) is 4.50. The molecule has 2 fully saturated rings. The summed E-state index contributed by atoms with van der Waals surface area (Å²) in [5.74, 6) is 0.546. The van der Waals surface area contributed by atoms with Crippen molar-refractivity contribution in [3.63, 3.8) is 0 Å². The van der Waals surface area contributed by atoms with E-state index >= 15 is 0 Å². The molecule has 2 saturated heterocycles. The highest BCUT2D eigenvalue weighted by atomic mass is 19.3. The van der Waals surface area contributed by atoms with E-state index in [1.165, 1.54) is 6.20 Å². The summed E-state index contributed by atoms with van der Waals surface area (Å²) in [5, 5.41) is 11.0. The van der Waals surface area contributed by atoms with Crippen LogP contribution < -0.4 is 10.6 Å². The van der Waals surface area contributed by atoms with E-state index in [1.807, 2.05) is 17.8 Å². The summed E-state index contributed by atoms with van der Waals surface area (Å²) in [6.07, 6.45) is 3.66. The van der Waals surface area contributed by atoms with Crippen LogP contribution in [-0.4, -0.2) is 83.5 Å². The first-order chi connectivity index (χ1) is 16.9. The molecule has 0 aromatic carbocycles. The lowest BCUT2D eigenvalue weighted by Gasteiger charge is -2.28. The molecule has 0 saturated carbocycles. The summed E-state index contributed by atoms with van der Waals surface area (Å²) in [6, 6.07) is 1.97. The van der Waals surface area contributed by atoms with Gasteiger partial charge in [-0.05, 0) is 46.3 Å². The van der Waals surface area contributed by atoms with Crippen LogP contribution in [0.25, 0.3) is 0 Å². The van der Waals surface area contributed by atoms with Crippen LogP contribution in [0.4, 0.5) is 26.0 Å². The first-order valence-corrected chi connectivity index (χ1v) is 12.3. The van der Waals surface area contributed by atoms with Crippen LogP contribution in [0, 0.1) is 6.92 Å². The average Bonchev–Trinajstić information content (AvgIpc) is 3.06. The van der Waals surface area contributed by atoms with E-state index in [9.17, 15) is 13.6 Å². The minimum absolute atomic E-state index is 0.0716. The summed E-state index contributed by atoms with van der Waals surface area (Å²) in [4.78, 5) is 20.4. The second-order valence-electron chi connectivity index (χ2n) is 9.25. The van der Waals surface area contributed by atoms with Crippen molar-refractivity contribution in [1.29, 1.82) is 0 Å². The van der Waals surface area contributed by atoms with E-state index in [4.69, 9.17) is 4.74 Å². The molecule has 2 N–H and O–H groups in total. The number of piperidine rings is 1. The third-order valence-corrected chi connectivity index (χ3v) is 6.65. The van der Waals surface area contributed by atoms with E-state index in [0.29, 0.717) is 63.2 Å². The zero-order chi connectivity index (χ0) is 24.8. The van der Waals surface area contributed by atoms with Gasteiger partial charge in [-0.3, -0.25) is 9.48 Å². The Morgan fingerprint density at radius 1 is 1.20 bits per heavy atom. The minimum Gasteiger partial charge on any atom is -0.384 e. The first kappa shape index (κ1) is 25.3. The molecule has 0 atom stereocenters. The van der Waals surface area contributed by atoms with Crippen molar-refractivity contribution in [2.45, 2.75) is 45.1 Å². The van der Waals surface area contributed by atoms with Crippen molar-refractivity contribution in [3.05, 3.63) is 29.7 Å². The molecule has 0 bridgehead atoms. The smallest absolute Gasteiger partial charge is 0.267 e. The fraction of sp³-hybridized carbons (Fsp3) is 0.625. The zero-order valence-electron chi connectivity index (χ0n) is 20.5. The number of hydrogen-bond acceptors (Lipinski definition) is 7. The van der Waals surface area contributed by atoms with Gasteiger partial charge in [0.25, 0.3) is 6.43 Å². The number of alkyl halides is 2. The molecule has 2 aromatic heterocycles. The number of ether oxygens (including phenoxy) is 1. The molecule has 2 aliphatic heterocycles. The van der Waals surface area contributed by atoms with E-state index in [-0.39, 0.29) is 11.5 Å². The van der Waals surface area contributed by atoms with Gasteiger partial charge in [-0.15, -0.1) is 0 Å². The van der Waals surface area contributed by atoms with Gasteiger partial charge in [0.1, 0.15) is 5.82 Å². The van der Waals surface area contributed by atoms with Crippen LogP contribution in [0.3, 0.4) is 0 Å². The van der Waals surface area contributed by atoms with Crippen molar-refractivity contribution in [2.24, 2.45) is 0 Å². The number of aryl methyl sites for hydroxylation is 1. The van der Waals surface area contributed by atoms with Crippen LogP contribution in [0.5, 0.6) is 0 Å². The predicted molar refractivity (Wildman–Crippen MR) is 130 cm³/mol. The van der Waals surface area contributed by atoms with E-state index in [0.717, 1.165) is 37.3 Å². The summed E-state index contributed by atoms with van der Waals surface area (Å²) in [6.45, 7) is 6.57. The van der Waals surface area contributed by atoms with E-state index < -0.39 is 6.43 Å². The normalized spacial score (nSPS) is 18.2. The standard InChI is InChI=1S/C24H35F2N7O2/c1-17-21(16-33(30-17)18-4-9-31(2)10-5-18)29-22-14-20(19(15-28-22)24(25)26)27-7-3-8-32-11-13-35-12-6-23(32)34/h14-16,18,24H,3-13H2,1-2H3,(H2,27,28,29). The Morgan fingerprint density at radius 2 is 2.00 bits per heavy atom. The van der Waals surface area contributed by atoms with Gasteiger partial charge in [0, 0.05) is 43.8 Å². The average molecular weight is 492 g/mol. The SMILES string of the molecule is Cc1nn(C2CCN(C)CC2)cc1Nc1cc(NCCCN2CCOCCC2=O)c(C(F)F)cn1. The summed E-state index contributed by atoms with van der Waals surface area (Å²) in [5.41, 5.74) is 1.84. The molecular weight excluding hydrogens is 456 g/mol. The number of likely N-dealkylation sites (tertiary alicyclic amines) is 1. The van der Waals surface area contributed by atoms with Gasteiger partial charge >= 0.3 is 0 Å². The molecule has 35 heavy (non-hydrogen) atoms. The fourth-order valence-corrected chi connectivity index (χ4v) is 4.50. The number of halogens is 2. The van der Waals surface area contributed by atoms with Gasteiger partial charge in [-0.25, -0.2) is 13.8 Å². The zero-order valence-corrected chi connectivity index (χ0v) is 20.5. The largest absolute Gasteiger partial charge is 0.384 e. The van der Waals surface area contributed by atoms with E-state index in [1.54, 1.807) is 11.0 Å². The molecule has 11 heteroatoms. The highest BCUT2D eigenvalue weighted by molar-refractivity contribution is 5.76. The Hall–Kier alpha value is -2.79. The number of anilines is 3. The molecule has 192 valence electrons. The number of carbonyl (C=O) groups excluding carboxylic acids is 1. The Labute approximate surface area is 204 Å². The van der Waals surface area contributed by atoms with Crippen LogP contribution >= 0.6 is 0 Å². The maximum Gasteiger partial charge on any atom is 0.267 e. The highest BCUT2D eigenvalue weighted by Crippen LogP contribution is 2.30. The Kier molecular flexibility index (Phi) is 8.50. The number of nitrogens with zero attached hydrogens (tertiary/aromatic N) is 5. The lowest BCUT2D eigenvalue weighted by Crippen LogP contribution is -2.33. The number of aromatic nitrogens is 3. The van der Waals surface area contributed by atoms with Gasteiger partial charge in [0.2, 0.25) is 5.91 Å². The molecule has 9 nitrogen and oxygen atoms in total. The van der Waals surface area contributed by atoms with Gasteiger partial charge < -0.3 is 25.2 Å². The van der Waals surface area contributed by atoms with Crippen LogP contribution in [0.1, 0.15) is 49.4 Å². The number of carbonyl (C=O) groups is 1. The van der Waals surface area contributed by atoms with Gasteiger partial charge in [0.15, 0.2) is 0 Å². The lowest BCUT2D eigenvalue weighted by atomic mass is 10.1. The molecule has 0 radical (unpaired) electrons. The molecule has 4 heterocycles. The van der Waals surface area contributed by atoms with Crippen molar-refractivity contribution in [3.8, 4) is 0 Å². The maximum absolute atomic E-state index is 13.6. The minimum atomic E-state index is -2.64. The first-order valence-electron chi connectivity index (χ1n) is 12.3. The molecular formula is C24H35F2N7O2. The van der Waals surface area contributed by atoms with Gasteiger partial charge in [-0.1, -0.05) is 0 Å². The molecule has 2 aromatic rings. The van der Waals surface area contributed by atoms with Crippen LogP contribution in [-0.2, 0) is 9.53 Å². The Bertz CT molecular complexity index is 992. The monoisotopic (exact) mass is 491 g/mol. The summed E-state index contributed by atoms with van der Waals surface area (Å²) in [7, 11) is 2.13. The second kappa shape index (κ2) is 11.8. The predicted octanol–water partition coefficient (Wildman–Crippen LogP) is 3.59. The Balaban J connectivity index is 1.38. The third-order valence-electron chi connectivity index (χ3n) is 6.65. The summed E-state index contributed by atoms with van der Waals surface area (Å²) >= 11 is 0. The van der Waals surface area contributed by atoms with Crippen LogP contribution in [0.2, 0.25) is 0 Å². The number of hydrogen-bond donors (Lipinski definition) is 2. The topological polar surface area (TPSA) is 87.5 Å². The number of amides is 1. The molecule has 4 rings (SSSR count). The quantitative estimate of drug-likeness (QED) is 0.519. The lowest BCUT2D eigenvalue weighted by molar-refractivity contribution is -0.130. The van der Waals surface area contributed by atoms with Gasteiger partial charge in [0.05, 0.1) is 42.6 Å².